The second-order valence-electron chi connectivity index (χ2n) is 6.16. The minimum absolute atomic E-state index is 0.0564. The standard InChI is InChI=1S/C15H19ClO2/c1-14(4-5-14)15(2,17)9-11-8-12(16)7-10-3-6-18-13(10)11/h7-8,17H,3-6,9H2,1-2H3. The molecule has 1 unspecified atom stereocenters. The molecule has 1 atom stereocenters. The van der Waals surface area contributed by atoms with E-state index in [1.165, 1.54) is 5.56 Å². The van der Waals surface area contributed by atoms with Gasteiger partial charge in [0.2, 0.25) is 0 Å². The van der Waals surface area contributed by atoms with E-state index in [1.54, 1.807) is 0 Å². The molecule has 0 radical (unpaired) electrons. The van der Waals surface area contributed by atoms with Gasteiger partial charge in [0.1, 0.15) is 5.75 Å². The Balaban J connectivity index is 1.93. The topological polar surface area (TPSA) is 29.5 Å². The highest BCUT2D eigenvalue weighted by atomic mass is 35.5. The average molecular weight is 267 g/mol. The fourth-order valence-electron chi connectivity index (χ4n) is 2.79. The predicted octanol–water partition coefficient (Wildman–Crippen LogP) is 3.37. The number of hydrogen-bond donors (Lipinski definition) is 1. The Morgan fingerprint density at radius 1 is 1.44 bits per heavy atom. The van der Waals surface area contributed by atoms with E-state index in [2.05, 4.69) is 6.92 Å². The van der Waals surface area contributed by atoms with Gasteiger partial charge in [0.15, 0.2) is 0 Å². The van der Waals surface area contributed by atoms with Gasteiger partial charge < -0.3 is 9.84 Å². The van der Waals surface area contributed by atoms with Crippen LogP contribution in [0.2, 0.25) is 5.02 Å². The van der Waals surface area contributed by atoms with Gasteiger partial charge in [-0.25, -0.2) is 0 Å². The molecule has 3 rings (SSSR count). The molecule has 2 nitrogen and oxygen atoms in total. The van der Waals surface area contributed by atoms with Crippen LogP contribution in [-0.2, 0) is 12.8 Å². The van der Waals surface area contributed by atoms with Crippen molar-refractivity contribution in [1.82, 2.24) is 0 Å². The Morgan fingerprint density at radius 2 is 2.17 bits per heavy atom. The maximum atomic E-state index is 10.7. The van der Waals surface area contributed by atoms with Gasteiger partial charge in [-0.1, -0.05) is 18.5 Å². The molecule has 0 saturated heterocycles. The van der Waals surface area contributed by atoms with Crippen LogP contribution < -0.4 is 4.74 Å². The number of ether oxygens (including phenoxy) is 1. The molecule has 0 bridgehead atoms. The first kappa shape index (κ1) is 12.3. The maximum Gasteiger partial charge on any atom is 0.126 e. The fraction of sp³-hybridized carbons (Fsp3) is 0.600. The Morgan fingerprint density at radius 3 is 2.83 bits per heavy atom. The molecule has 0 aromatic heterocycles. The van der Waals surface area contributed by atoms with Gasteiger partial charge in [-0.3, -0.25) is 0 Å². The largest absolute Gasteiger partial charge is 0.493 e. The number of halogens is 1. The third-order valence-electron chi connectivity index (χ3n) is 4.66. The van der Waals surface area contributed by atoms with Crippen LogP contribution in [0.3, 0.4) is 0 Å². The summed E-state index contributed by atoms with van der Waals surface area (Å²) in [7, 11) is 0. The highest BCUT2D eigenvalue weighted by Gasteiger charge is 2.52. The average Bonchev–Trinajstić information content (AvgIpc) is 2.87. The minimum atomic E-state index is -0.683. The van der Waals surface area contributed by atoms with E-state index < -0.39 is 5.60 Å². The van der Waals surface area contributed by atoms with Gasteiger partial charge in [-0.15, -0.1) is 0 Å². The van der Waals surface area contributed by atoms with Crippen LogP contribution in [-0.4, -0.2) is 17.3 Å². The number of benzene rings is 1. The van der Waals surface area contributed by atoms with Crippen LogP contribution >= 0.6 is 11.6 Å². The van der Waals surface area contributed by atoms with E-state index in [9.17, 15) is 5.11 Å². The molecule has 3 heteroatoms. The molecule has 1 aliphatic heterocycles. The molecular formula is C15H19ClO2. The van der Waals surface area contributed by atoms with Crippen LogP contribution in [0.15, 0.2) is 12.1 Å². The second kappa shape index (κ2) is 3.88. The molecule has 1 aliphatic carbocycles. The smallest absolute Gasteiger partial charge is 0.126 e. The lowest BCUT2D eigenvalue weighted by Crippen LogP contribution is -2.36. The number of rotatable bonds is 3. The van der Waals surface area contributed by atoms with Gasteiger partial charge in [0.25, 0.3) is 0 Å². The summed E-state index contributed by atoms with van der Waals surface area (Å²) in [4.78, 5) is 0. The summed E-state index contributed by atoms with van der Waals surface area (Å²) < 4.78 is 5.69. The zero-order chi connectivity index (χ0) is 13.0. The van der Waals surface area contributed by atoms with Gasteiger partial charge in [0, 0.05) is 17.9 Å². The van der Waals surface area contributed by atoms with Crippen molar-refractivity contribution in [2.24, 2.45) is 5.41 Å². The Kier molecular flexibility index (Phi) is 2.65. The van der Waals surface area contributed by atoms with Crippen molar-refractivity contribution in [1.29, 1.82) is 0 Å². The summed E-state index contributed by atoms with van der Waals surface area (Å²) in [6.45, 7) is 4.81. The Labute approximate surface area is 113 Å². The zero-order valence-electron chi connectivity index (χ0n) is 10.9. The van der Waals surface area contributed by atoms with Crippen LogP contribution in [0.1, 0.15) is 37.8 Å². The zero-order valence-corrected chi connectivity index (χ0v) is 11.7. The lowest BCUT2D eigenvalue weighted by atomic mass is 9.82. The highest BCUT2D eigenvalue weighted by Crippen LogP contribution is 2.55. The van der Waals surface area contributed by atoms with Crippen molar-refractivity contribution in [2.75, 3.05) is 6.61 Å². The van der Waals surface area contributed by atoms with E-state index in [-0.39, 0.29) is 5.41 Å². The fourth-order valence-corrected chi connectivity index (χ4v) is 3.05. The third kappa shape index (κ3) is 1.92. The van der Waals surface area contributed by atoms with E-state index >= 15 is 0 Å². The third-order valence-corrected chi connectivity index (χ3v) is 4.88. The molecule has 1 aromatic carbocycles. The van der Waals surface area contributed by atoms with Crippen molar-refractivity contribution in [2.45, 2.75) is 45.1 Å². The maximum absolute atomic E-state index is 10.7. The molecule has 1 heterocycles. The van der Waals surface area contributed by atoms with E-state index in [0.717, 1.165) is 42.2 Å². The monoisotopic (exact) mass is 266 g/mol. The van der Waals surface area contributed by atoms with Crippen LogP contribution in [0.5, 0.6) is 5.75 Å². The van der Waals surface area contributed by atoms with Crippen LogP contribution in [0.4, 0.5) is 0 Å². The quantitative estimate of drug-likeness (QED) is 0.909. The normalized spacial score (nSPS) is 23.1. The lowest BCUT2D eigenvalue weighted by Gasteiger charge is -2.31. The molecule has 98 valence electrons. The minimum Gasteiger partial charge on any atom is -0.493 e. The van der Waals surface area contributed by atoms with Crippen molar-refractivity contribution in [3.8, 4) is 5.75 Å². The predicted molar refractivity (Wildman–Crippen MR) is 72.3 cm³/mol. The van der Waals surface area contributed by atoms with Crippen LogP contribution in [0, 0.1) is 5.41 Å². The van der Waals surface area contributed by atoms with Crippen molar-refractivity contribution < 1.29 is 9.84 Å². The molecule has 1 saturated carbocycles. The Hall–Kier alpha value is -0.730. The Bertz CT molecular complexity index is 490. The van der Waals surface area contributed by atoms with Gasteiger partial charge in [0.05, 0.1) is 12.2 Å². The lowest BCUT2D eigenvalue weighted by molar-refractivity contribution is -0.00744. The van der Waals surface area contributed by atoms with Crippen molar-refractivity contribution in [3.05, 3.63) is 28.3 Å². The van der Waals surface area contributed by atoms with Crippen LogP contribution in [0.25, 0.3) is 0 Å². The van der Waals surface area contributed by atoms with E-state index in [4.69, 9.17) is 16.3 Å². The summed E-state index contributed by atoms with van der Waals surface area (Å²) in [5.41, 5.74) is 1.60. The molecular weight excluding hydrogens is 248 g/mol. The summed E-state index contributed by atoms with van der Waals surface area (Å²) in [6.07, 6.45) is 3.74. The summed E-state index contributed by atoms with van der Waals surface area (Å²) >= 11 is 6.15. The van der Waals surface area contributed by atoms with E-state index in [0.29, 0.717) is 6.42 Å². The first-order valence-electron chi connectivity index (χ1n) is 6.58. The number of fused-ring (bicyclic) bond motifs is 1. The number of hydrogen-bond acceptors (Lipinski definition) is 2. The highest BCUT2D eigenvalue weighted by molar-refractivity contribution is 6.30. The first-order chi connectivity index (χ1) is 8.41. The molecule has 1 aromatic rings. The SMILES string of the molecule is CC(O)(Cc1cc(Cl)cc2c1OCC2)C1(C)CC1. The molecule has 1 N–H and O–H groups in total. The number of aliphatic hydroxyl groups is 1. The van der Waals surface area contributed by atoms with Gasteiger partial charge in [-0.05, 0) is 48.4 Å². The first-order valence-corrected chi connectivity index (χ1v) is 6.96. The molecule has 0 amide bonds. The van der Waals surface area contributed by atoms with Gasteiger partial charge in [-0.2, -0.15) is 0 Å². The van der Waals surface area contributed by atoms with E-state index in [1.807, 2.05) is 19.1 Å². The van der Waals surface area contributed by atoms with Gasteiger partial charge >= 0.3 is 0 Å². The van der Waals surface area contributed by atoms with Crippen molar-refractivity contribution >= 4 is 11.6 Å². The molecule has 1 fully saturated rings. The summed E-state index contributed by atoms with van der Waals surface area (Å²) in [5.74, 6) is 0.948. The molecule has 0 spiro atoms. The summed E-state index contributed by atoms with van der Waals surface area (Å²) in [6, 6.07) is 3.91. The molecule has 18 heavy (non-hydrogen) atoms. The summed E-state index contributed by atoms with van der Waals surface area (Å²) in [5, 5.41) is 11.4. The molecule has 2 aliphatic rings. The van der Waals surface area contributed by atoms with Crippen molar-refractivity contribution in [3.63, 3.8) is 0 Å². The second-order valence-corrected chi connectivity index (χ2v) is 6.60.